The molecule has 1 N–H and O–H groups in total. The number of aliphatic hydroxyl groups excluding tert-OH is 1. The van der Waals surface area contributed by atoms with Crippen molar-refractivity contribution >= 4 is 24.2 Å². The summed E-state index contributed by atoms with van der Waals surface area (Å²) in [5.74, 6) is 0.311. The van der Waals surface area contributed by atoms with Gasteiger partial charge in [-0.1, -0.05) is 6.08 Å². The van der Waals surface area contributed by atoms with Gasteiger partial charge in [0, 0.05) is 0 Å². The molecule has 9 heavy (non-hydrogen) atoms. The third-order valence-electron chi connectivity index (χ3n) is 0.741. The van der Waals surface area contributed by atoms with E-state index in [9.17, 15) is 0 Å². The zero-order valence-corrected chi connectivity index (χ0v) is 6.28. The minimum absolute atomic E-state index is 0. The highest BCUT2D eigenvalue weighted by Gasteiger charge is 1.83. The van der Waals surface area contributed by atoms with Crippen LogP contribution in [0.2, 0.25) is 0 Å². The second kappa shape index (κ2) is 4.53. The minimum Gasteiger partial charge on any atom is -0.508 e. The van der Waals surface area contributed by atoms with Crippen LogP contribution >= 0.6 is 24.2 Å². The second-order valence-corrected chi connectivity index (χ2v) is 2.18. The van der Waals surface area contributed by atoms with Crippen molar-refractivity contribution in [1.82, 2.24) is 0 Å². The van der Waals surface area contributed by atoms with Crippen molar-refractivity contribution in [2.75, 3.05) is 0 Å². The van der Waals surface area contributed by atoms with Crippen LogP contribution in [0.4, 0.5) is 0 Å². The molecule has 1 aliphatic rings. The van der Waals surface area contributed by atoms with E-state index in [1.165, 1.54) is 0 Å². The third-order valence-corrected chi connectivity index (χ3v) is 1.35. The van der Waals surface area contributed by atoms with Gasteiger partial charge in [-0.3, -0.25) is 0 Å². The van der Waals surface area contributed by atoms with Gasteiger partial charge in [-0.25, -0.2) is 0 Å². The summed E-state index contributed by atoms with van der Waals surface area (Å²) in [4.78, 5) is 0. The lowest BCUT2D eigenvalue weighted by atomic mass is 10.4. The number of thioether (sulfide) groups is 1. The summed E-state index contributed by atoms with van der Waals surface area (Å²) in [6.45, 7) is 0. The summed E-state index contributed by atoms with van der Waals surface area (Å²) >= 11 is 1.55. The van der Waals surface area contributed by atoms with Gasteiger partial charge in [0.25, 0.3) is 0 Å². The third kappa shape index (κ3) is 3.27. The summed E-state index contributed by atoms with van der Waals surface area (Å²) < 4.78 is 0. The lowest BCUT2D eigenvalue weighted by Crippen LogP contribution is -1.66. The van der Waals surface area contributed by atoms with E-state index in [4.69, 9.17) is 5.11 Å². The first-order valence-corrected chi connectivity index (χ1v) is 3.22. The normalized spacial score (nSPS) is 15.8. The Balaban J connectivity index is 0.000000640. The number of rotatable bonds is 0. The Hall–Kier alpha value is -0.340. The van der Waals surface area contributed by atoms with Crippen LogP contribution in [-0.4, -0.2) is 5.11 Å². The molecular formula is C6H7ClOS. The van der Waals surface area contributed by atoms with Gasteiger partial charge in [0.2, 0.25) is 0 Å². The minimum atomic E-state index is 0. The first-order chi connectivity index (χ1) is 3.89. The number of hydrogen-bond donors (Lipinski definition) is 1. The summed E-state index contributed by atoms with van der Waals surface area (Å²) in [7, 11) is 0. The van der Waals surface area contributed by atoms with Gasteiger partial charge in [-0.2, -0.15) is 0 Å². The molecule has 0 aliphatic carbocycles. The van der Waals surface area contributed by atoms with Gasteiger partial charge in [0.15, 0.2) is 0 Å². The Morgan fingerprint density at radius 3 is 2.89 bits per heavy atom. The van der Waals surface area contributed by atoms with E-state index in [-0.39, 0.29) is 12.4 Å². The standard InChI is InChI=1S/C6H6OS.ClH/c7-6-2-1-4-8-5-3-6;/h1-5,7H;1H. The molecule has 0 fully saturated rings. The lowest BCUT2D eigenvalue weighted by Gasteiger charge is -1.80. The van der Waals surface area contributed by atoms with Crippen molar-refractivity contribution < 1.29 is 5.11 Å². The van der Waals surface area contributed by atoms with Gasteiger partial charge >= 0.3 is 0 Å². The molecule has 3 heteroatoms. The molecule has 1 heterocycles. The van der Waals surface area contributed by atoms with Crippen molar-refractivity contribution in [3.05, 3.63) is 34.8 Å². The van der Waals surface area contributed by atoms with Gasteiger partial charge in [0.05, 0.1) is 0 Å². The lowest BCUT2D eigenvalue weighted by molar-refractivity contribution is 0.433. The van der Waals surface area contributed by atoms with Crippen LogP contribution in [0.15, 0.2) is 34.8 Å². The van der Waals surface area contributed by atoms with Crippen molar-refractivity contribution in [3.63, 3.8) is 0 Å². The Labute approximate surface area is 64.6 Å². The van der Waals surface area contributed by atoms with E-state index in [1.54, 1.807) is 30.0 Å². The molecule has 0 amide bonds. The van der Waals surface area contributed by atoms with Crippen molar-refractivity contribution in [3.8, 4) is 0 Å². The predicted molar refractivity (Wildman–Crippen MR) is 43.8 cm³/mol. The Kier molecular flexibility index (Phi) is 4.36. The van der Waals surface area contributed by atoms with Crippen LogP contribution in [0.5, 0.6) is 0 Å². The fourth-order valence-corrected chi connectivity index (χ4v) is 0.871. The van der Waals surface area contributed by atoms with Gasteiger partial charge < -0.3 is 5.11 Å². The molecule has 0 radical (unpaired) electrons. The van der Waals surface area contributed by atoms with E-state index < -0.39 is 0 Å². The van der Waals surface area contributed by atoms with Gasteiger partial charge in [-0.15, -0.1) is 24.2 Å². The second-order valence-electron chi connectivity index (χ2n) is 1.36. The maximum Gasteiger partial charge on any atom is 0.116 e. The number of aliphatic hydroxyl groups is 1. The summed E-state index contributed by atoms with van der Waals surface area (Å²) in [5, 5.41) is 12.5. The maximum absolute atomic E-state index is 8.80. The van der Waals surface area contributed by atoms with Crippen molar-refractivity contribution in [2.24, 2.45) is 0 Å². The monoisotopic (exact) mass is 162 g/mol. The topological polar surface area (TPSA) is 20.2 Å². The first kappa shape index (κ1) is 8.66. The molecule has 0 unspecified atom stereocenters. The zero-order valence-electron chi connectivity index (χ0n) is 4.65. The summed E-state index contributed by atoms with van der Waals surface area (Å²) in [5.41, 5.74) is 0. The van der Waals surface area contributed by atoms with Gasteiger partial charge in [-0.05, 0) is 23.0 Å². The van der Waals surface area contributed by atoms with E-state index in [0.29, 0.717) is 5.76 Å². The summed E-state index contributed by atoms with van der Waals surface area (Å²) in [6.07, 6.45) is 5.11. The molecule has 0 aromatic rings. The van der Waals surface area contributed by atoms with Crippen LogP contribution in [-0.2, 0) is 0 Å². The number of allylic oxidation sites excluding steroid dienone is 3. The average Bonchev–Trinajstić information content (AvgIpc) is 1.94. The smallest absolute Gasteiger partial charge is 0.116 e. The van der Waals surface area contributed by atoms with Crippen LogP contribution < -0.4 is 0 Å². The average molecular weight is 163 g/mol. The van der Waals surface area contributed by atoms with Crippen LogP contribution in [0.3, 0.4) is 0 Å². The van der Waals surface area contributed by atoms with Crippen LogP contribution in [0, 0.1) is 0 Å². The molecule has 0 saturated heterocycles. The molecule has 0 saturated carbocycles. The molecule has 0 atom stereocenters. The highest BCUT2D eigenvalue weighted by Crippen LogP contribution is 2.09. The Morgan fingerprint density at radius 2 is 2.11 bits per heavy atom. The fourth-order valence-electron chi connectivity index (χ4n) is 0.393. The molecular weight excluding hydrogens is 156 g/mol. The molecule has 0 aromatic carbocycles. The zero-order chi connectivity index (χ0) is 5.82. The Bertz CT molecular complexity index is 160. The van der Waals surface area contributed by atoms with E-state index in [2.05, 4.69) is 0 Å². The van der Waals surface area contributed by atoms with E-state index in [1.807, 2.05) is 10.8 Å². The van der Waals surface area contributed by atoms with Crippen LogP contribution in [0.25, 0.3) is 0 Å². The van der Waals surface area contributed by atoms with Crippen molar-refractivity contribution in [1.29, 1.82) is 0 Å². The fraction of sp³-hybridized carbons (Fsp3) is 0. The molecule has 0 bridgehead atoms. The molecule has 0 spiro atoms. The number of hydrogen-bond acceptors (Lipinski definition) is 2. The Morgan fingerprint density at radius 1 is 1.33 bits per heavy atom. The maximum atomic E-state index is 8.80. The quantitative estimate of drug-likeness (QED) is 0.591. The van der Waals surface area contributed by atoms with Gasteiger partial charge in [0.1, 0.15) is 5.76 Å². The molecule has 0 aromatic heterocycles. The highest BCUT2D eigenvalue weighted by molar-refractivity contribution is 8.04. The van der Waals surface area contributed by atoms with Crippen molar-refractivity contribution in [2.45, 2.75) is 0 Å². The number of halogens is 1. The van der Waals surface area contributed by atoms with Crippen LogP contribution in [0.1, 0.15) is 0 Å². The molecule has 1 aliphatic heterocycles. The molecule has 1 nitrogen and oxygen atoms in total. The molecule has 1 rings (SSSR count). The highest BCUT2D eigenvalue weighted by atomic mass is 35.5. The largest absolute Gasteiger partial charge is 0.508 e. The SMILES string of the molecule is Cl.OC1=CC=CSC=C1. The summed E-state index contributed by atoms with van der Waals surface area (Å²) in [6, 6.07) is 0. The van der Waals surface area contributed by atoms with E-state index >= 15 is 0 Å². The predicted octanol–water partition coefficient (Wildman–Crippen LogP) is 2.62. The molecule has 50 valence electrons. The first-order valence-electron chi connectivity index (χ1n) is 2.27. The van der Waals surface area contributed by atoms with E-state index in [0.717, 1.165) is 0 Å².